The minimum absolute atomic E-state index is 0.106. The summed E-state index contributed by atoms with van der Waals surface area (Å²) in [5.41, 5.74) is 4.41. The van der Waals surface area contributed by atoms with Crippen LogP contribution in [0.1, 0.15) is 43.1 Å². The average molecular weight is 423 g/mol. The molecule has 0 saturated heterocycles. The zero-order chi connectivity index (χ0) is 21.6. The van der Waals surface area contributed by atoms with Gasteiger partial charge < -0.3 is 19.5 Å². The van der Waals surface area contributed by atoms with Crippen molar-refractivity contribution in [2.75, 3.05) is 13.9 Å². The van der Waals surface area contributed by atoms with Crippen molar-refractivity contribution in [2.45, 2.75) is 39.3 Å². The Morgan fingerprint density at radius 1 is 1.23 bits per heavy atom. The number of aromatic nitrogens is 2. The quantitative estimate of drug-likeness (QED) is 0.652. The van der Waals surface area contributed by atoms with E-state index < -0.39 is 0 Å². The van der Waals surface area contributed by atoms with Crippen molar-refractivity contribution >= 4 is 0 Å². The lowest BCUT2D eigenvalue weighted by Crippen LogP contribution is -2.33. The smallest absolute Gasteiger partial charge is 0.231 e. The molecule has 0 saturated carbocycles. The van der Waals surface area contributed by atoms with Crippen molar-refractivity contribution in [3.63, 3.8) is 0 Å². The van der Waals surface area contributed by atoms with Gasteiger partial charge in [0.1, 0.15) is 5.82 Å². The Labute approximate surface area is 180 Å². The summed E-state index contributed by atoms with van der Waals surface area (Å²) >= 11 is 0. The van der Waals surface area contributed by atoms with E-state index in [0.717, 1.165) is 24.1 Å². The van der Waals surface area contributed by atoms with Crippen LogP contribution < -0.4 is 19.5 Å². The Kier molecular flexibility index (Phi) is 4.85. The van der Waals surface area contributed by atoms with Crippen LogP contribution in [-0.2, 0) is 13.0 Å². The zero-order valence-corrected chi connectivity index (χ0v) is 17.9. The van der Waals surface area contributed by atoms with Gasteiger partial charge >= 0.3 is 0 Å². The van der Waals surface area contributed by atoms with E-state index in [2.05, 4.69) is 24.3 Å². The van der Waals surface area contributed by atoms with Gasteiger partial charge in [0, 0.05) is 23.8 Å². The molecule has 0 radical (unpaired) electrons. The first kappa shape index (κ1) is 19.9. The number of ether oxygens (including phenoxy) is 3. The predicted octanol–water partition coefficient (Wildman–Crippen LogP) is 4.55. The highest BCUT2D eigenvalue weighted by Gasteiger charge is 2.35. The number of halogens is 1. The summed E-state index contributed by atoms with van der Waals surface area (Å²) in [5.74, 6) is 1.81. The van der Waals surface area contributed by atoms with Gasteiger partial charge in [0.15, 0.2) is 11.5 Å². The fraction of sp³-hybridized carbons (Fsp3) is 0.375. The van der Waals surface area contributed by atoms with Crippen LogP contribution in [0.25, 0.3) is 5.69 Å². The molecular formula is C24H26FN3O3. The lowest BCUT2D eigenvalue weighted by Gasteiger charge is -2.36. The third-order valence-electron chi connectivity index (χ3n) is 6.02. The Morgan fingerprint density at radius 3 is 2.81 bits per heavy atom. The van der Waals surface area contributed by atoms with Gasteiger partial charge in [-0.1, -0.05) is 13.8 Å². The molecule has 7 heteroatoms. The van der Waals surface area contributed by atoms with Crippen LogP contribution in [0.4, 0.5) is 4.39 Å². The molecule has 3 aromatic rings. The monoisotopic (exact) mass is 423 g/mol. The number of nitrogens with one attached hydrogen (secondary N) is 1. The normalized spacial score (nSPS) is 18.6. The van der Waals surface area contributed by atoms with Crippen molar-refractivity contribution in [3.8, 4) is 22.9 Å². The molecule has 0 bridgehead atoms. The second-order valence-corrected chi connectivity index (χ2v) is 8.95. The second kappa shape index (κ2) is 7.57. The van der Waals surface area contributed by atoms with E-state index in [-0.39, 0.29) is 24.1 Å². The summed E-state index contributed by atoms with van der Waals surface area (Å²) in [6.45, 7) is 5.42. The van der Waals surface area contributed by atoms with E-state index in [1.54, 1.807) is 19.2 Å². The molecule has 0 spiro atoms. The number of nitrogens with zero attached hydrogens (tertiary/aromatic N) is 2. The van der Waals surface area contributed by atoms with Gasteiger partial charge in [0.05, 0.1) is 19.0 Å². The number of methoxy groups -OCH3 is 1. The molecule has 0 fully saturated rings. The fourth-order valence-electron chi connectivity index (χ4n) is 4.56. The highest BCUT2D eigenvalue weighted by Crippen LogP contribution is 2.43. The molecule has 0 unspecified atom stereocenters. The van der Waals surface area contributed by atoms with Gasteiger partial charge in [-0.25, -0.2) is 9.07 Å². The number of hydrogen-bond acceptors (Lipinski definition) is 5. The number of rotatable bonds is 5. The second-order valence-electron chi connectivity index (χ2n) is 8.95. The van der Waals surface area contributed by atoms with E-state index in [0.29, 0.717) is 23.8 Å². The molecule has 1 aromatic heterocycles. The molecule has 5 rings (SSSR count). The third kappa shape index (κ3) is 3.74. The van der Waals surface area contributed by atoms with Gasteiger partial charge in [-0.05, 0) is 60.2 Å². The van der Waals surface area contributed by atoms with Crippen LogP contribution >= 0.6 is 0 Å². The number of fused-ring (bicyclic) bond motifs is 2. The van der Waals surface area contributed by atoms with Crippen LogP contribution in [0.2, 0.25) is 0 Å². The molecule has 1 aliphatic carbocycles. The molecule has 6 nitrogen and oxygen atoms in total. The zero-order valence-electron chi connectivity index (χ0n) is 17.9. The van der Waals surface area contributed by atoms with Crippen molar-refractivity contribution in [2.24, 2.45) is 5.41 Å². The highest BCUT2D eigenvalue weighted by molar-refractivity contribution is 5.55. The Hall–Kier alpha value is -3.06. The Balaban J connectivity index is 1.42. The minimum atomic E-state index is -0.246. The van der Waals surface area contributed by atoms with Gasteiger partial charge in [0.2, 0.25) is 12.5 Å². The first-order valence-corrected chi connectivity index (χ1v) is 10.5. The highest BCUT2D eigenvalue weighted by atomic mass is 19.1. The maximum Gasteiger partial charge on any atom is 0.231 e. The van der Waals surface area contributed by atoms with Crippen molar-refractivity contribution in [1.82, 2.24) is 15.1 Å². The van der Waals surface area contributed by atoms with E-state index in [1.165, 1.54) is 23.4 Å². The molecule has 2 aromatic carbocycles. The summed E-state index contributed by atoms with van der Waals surface area (Å²) < 4.78 is 31.8. The van der Waals surface area contributed by atoms with Gasteiger partial charge in [-0.2, -0.15) is 5.10 Å². The molecule has 1 atom stereocenters. The first-order chi connectivity index (χ1) is 14.9. The van der Waals surface area contributed by atoms with Crippen molar-refractivity contribution in [1.29, 1.82) is 0 Å². The van der Waals surface area contributed by atoms with Crippen LogP contribution in [0, 0.1) is 11.2 Å². The average Bonchev–Trinajstić information content (AvgIpc) is 3.38. The third-order valence-corrected chi connectivity index (χ3v) is 6.02. The molecule has 1 N–H and O–H groups in total. The minimum Gasteiger partial charge on any atom is -0.493 e. The molecule has 1 aliphatic heterocycles. The molecule has 162 valence electrons. The topological polar surface area (TPSA) is 57.5 Å². The van der Waals surface area contributed by atoms with E-state index in [1.807, 2.05) is 23.0 Å². The SMILES string of the molecule is COc1cc(CN[C@H]2CC(C)(C)Cc3c2cnn3-c2ccc(F)cc2)cc2c1OCO2. The Morgan fingerprint density at radius 2 is 2.03 bits per heavy atom. The van der Waals surface area contributed by atoms with E-state index in [9.17, 15) is 4.39 Å². The molecule has 2 aliphatic rings. The number of benzene rings is 2. The summed E-state index contributed by atoms with van der Waals surface area (Å²) in [5, 5.41) is 8.34. The van der Waals surface area contributed by atoms with E-state index >= 15 is 0 Å². The first-order valence-electron chi connectivity index (χ1n) is 10.5. The lowest BCUT2D eigenvalue weighted by atomic mass is 9.74. The summed E-state index contributed by atoms with van der Waals surface area (Å²) in [4.78, 5) is 0. The summed E-state index contributed by atoms with van der Waals surface area (Å²) in [7, 11) is 1.63. The van der Waals surface area contributed by atoms with Gasteiger partial charge in [-0.3, -0.25) is 0 Å². The number of hydrogen-bond donors (Lipinski definition) is 1. The van der Waals surface area contributed by atoms with Crippen molar-refractivity contribution < 1.29 is 18.6 Å². The van der Waals surface area contributed by atoms with Crippen molar-refractivity contribution in [3.05, 3.63) is 65.2 Å². The molecule has 0 amide bonds. The Bertz CT molecular complexity index is 1110. The van der Waals surface area contributed by atoms with Crippen LogP contribution in [0.3, 0.4) is 0 Å². The summed E-state index contributed by atoms with van der Waals surface area (Å²) in [6, 6.07) is 10.6. The predicted molar refractivity (Wildman–Crippen MR) is 114 cm³/mol. The standard InChI is InChI=1S/C24H26FN3O3/c1-24(2)10-19(26-12-15-8-21(29-3)23-22(9-15)30-14-31-23)18-13-27-28(20(18)11-24)17-6-4-16(25)5-7-17/h4-9,13,19,26H,10-12,14H2,1-3H3/t19-/m0/s1. The fourth-order valence-corrected chi connectivity index (χ4v) is 4.56. The van der Waals surface area contributed by atoms with Crippen LogP contribution in [0.15, 0.2) is 42.6 Å². The maximum atomic E-state index is 13.4. The summed E-state index contributed by atoms with van der Waals surface area (Å²) in [6.07, 6.45) is 3.85. The van der Waals surface area contributed by atoms with E-state index in [4.69, 9.17) is 14.2 Å². The van der Waals surface area contributed by atoms with Crippen LogP contribution in [0.5, 0.6) is 17.2 Å². The maximum absolute atomic E-state index is 13.4. The van der Waals surface area contributed by atoms with Crippen LogP contribution in [-0.4, -0.2) is 23.7 Å². The largest absolute Gasteiger partial charge is 0.493 e. The molecule has 2 heterocycles. The van der Waals surface area contributed by atoms with Gasteiger partial charge in [-0.15, -0.1) is 0 Å². The van der Waals surface area contributed by atoms with Gasteiger partial charge in [0.25, 0.3) is 0 Å². The molecule has 31 heavy (non-hydrogen) atoms. The molecular weight excluding hydrogens is 397 g/mol. The lowest BCUT2D eigenvalue weighted by molar-refractivity contribution is 0.171.